The van der Waals surface area contributed by atoms with Crippen LogP contribution in [0.1, 0.15) is 52.4 Å². The van der Waals surface area contributed by atoms with Gasteiger partial charge in [-0.25, -0.2) is 0 Å². The molecule has 0 aromatic heterocycles. The molecule has 17 heavy (non-hydrogen) atoms. The Morgan fingerprint density at radius 2 is 1.59 bits per heavy atom. The predicted molar refractivity (Wildman–Crippen MR) is 62.7 cm³/mol. The Morgan fingerprint density at radius 3 is 2.00 bits per heavy atom. The van der Waals surface area contributed by atoms with Crippen molar-refractivity contribution in [1.82, 2.24) is 0 Å². The van der Waals surface area contributed by atoms with E-state index in [4.69, 9.17) is 9.90 Å². The molecular formula is C10H21FO5S. The molecule has 0 aliphatic rings. The molecule has 0 radical (unpaired) electrons. The van der Waals surface area contributed by atoms with E-state index in [-0.39, 0.29) is 5.75 Å². The number of halogens is 1. The van der Waals surface area contributed by atoms with E-state index in [1.807, 2.05) is 0 Å². The molecule has 5 nitrogen and oxygen atoms in total. The summed E-state index contributed by atoms with van der Waals surface area (Å²) in [5.41, 5.74) is 0. The average Bonchev–Trinajstić information content (AvgIpc) is 2.22. The second kappa shape index (κ2) is 11.8. The summed E-state index contributed by atoms with van der Waals surface area (Å²) < 4.78 is 35.1. The standard InChI is InChI=1S/C8H17FO3S.C2H4O2/c1-2-3-4-5-6-7-8-13(10,11)12-9;1-2(3)4/h2-8H2,1H3;1H3,(H,3,4). The SMILES string of the molecule is CC(=O)O.CCCCCCCCS(=O)(=O)OF. The van der Waals surface area contributed by atoms with Crippen molar-refractivity contribution in [1.29, 1.82) is 0 Å². The zero-order valence-electron chi connectivity index (χ0n) is 10.3. The number of hydrogen-bond donors (Lipinski definition) is 1. The van der Waals surface area contributed by atoms with Crippen molar-refractivity contribution in [2.24, 2.45) is 0 Å². The van der Waals surface area contributed by atoms with Crippen molar-refractivity contribution in [2.75, 3.05) is 5.75 Å². The van der Waals surface area contributed by atoms with Crippen LogP contribution in [0.4, 0.5) is 4.53 Å². The second-order valence-electron chi connectivity index (χ2n) is 3.61. The Labute approximate surface area is 102 Å². The topological polar surface area (TPSA) is 80.7 Å². The van der Waals surface area contributed by atoms with E-state index in [2.05, 4.69) is 11.3 Å². The highest BCUT2D eigenvalue weighted by Crippen LogP contribution is 2.07. The lowest BCUT2D eigenvalue weighted by Crippen LogP contribution is -2.05. The van der Waals surface area contributed by atoms with E-state index < -0.39 is 16.1 Å². The lowest BCUT2D eigenvalue weighted by molar-refractivity contribution is -0.134. The molecule has 0 saturated heterocycles. The van der Waals surface area contributed by atoms with E-state index in [1.54, 1.807) is 0 Å². The van der Waals surface area contributed by atoms with Gasteiger partial charge in [0.2, 0.25) is 0 Å². The Bertz CT molecular complexity index is 272. The molecule has 0 atom stereocenters. The van der Waals surface area contributed by atoms with Crippen LogP contribution in [0.15, 0.2) is 0 Å². The lowest BCUT2D eigenvalue weighted by Gasteiger charge is -1.99. The van der Waals surface area contributed by atoms with Crippen LogP contribution < -0.4 is 0 Å². The monoisotopic (exact) mass is 272 g/mol. The van der Waals surface area contributed by atoms with Gasteiger partial charge in [-0.1, -0.05) is 43.4 Å². The van der Waals surface area contributed by atoms with E-state index in [9.17, 15) is 12.9 Å². The number of carbonyl (C=O) groups is 1. The smallest absolute Gasteiger partial charge is 0.300 e. The normalized spacial score (nSPS) is 10.5. The number of carboxylic acids is 1. The second-order valence-corrected chi connectivity index (χ2v) is 5.26. The number of carboxylic acid groups (broad SMARTS) is 1. The minimum atomic E-state index is -3.88. The molecule has 0 aromatic carbocycles. The first-order chi connectivity index (χ1) is 7.85. The van der Waals surface area contributed by atoms with Gasteiger partial charge < -0.3 is 5.11 Å². The van der Waals surface area contributed by atoms with Crippen molar-refractivity contribution in [3.63, 3.8) is 0 Å². The van der Waals surface area contributed by atoms with E-state index in [0.29, 0.717) is 6.42 Å². The molecule has 0 saturated carbocycles. The highest BCUT2D eigenvalue weighted by molar-refractivity contribution is 7.86. The van der Waals surface area contributed by atoms with Crippen LogP contribution in [-0.2, 0) is 19.3 Å². The molecule has 0 aliphatic heterocycles. The maximum absolute atomic E-state index is 11.3. The third kappa shape index (κ3) is 21.2. The first-order valence-electron chi connectivity index (χ1n) is 5.58. The van der Waals surface area contributed by atoms with E-state index >= 15 is 0 Å². The summed E-state index contributed by atoms with van der Waals surface area (Å²) in [6, 6.07) is 0. The zero-order chi connectivity index (χ0) is 13.7. The molecule has 0 amide bonds. The Morgan fingerprint density at radius 1 is 1.18 bits per heavy atom. The van der Waals surface area contributed by atoms with Gasteiger partial charge in [-0.15, -0.1) is 0 Å². The summed E-state index contributed by atoms with van der Waals surface area (Å²) in [5, 5.41) is 7.42. The van der Waals surface area contributed by atoms with Crippen LogP contribution in [0.25, 0.3) is 0 Å². The third-order valence-corrected chi connectivity index (χ3v) is 2.82. The third-order valence-electron chi connectivity index (χ3n) is 1.84. The fraction of sp³-hybridized carbons (Fsp3) is 0.900. The van der Waals surface area contributed by atoms with Gasteiger partial charge in [0.05, 0.1) is 5.75 Å². The summed E-state index contributed by atoms with van der Waals surface area (Å²) in [5.74, 6) is -1.05. The van der Waals surface area contributed by atoms with E-state index in [1.165, 1.54) is 6.42 Å². The van der Waals surface area contributed by atoms with Crippen LogP contribution in [0.2, 0.25) is 0 Å². The molecule has 0 rings (SSSR count). The van der Waals surface area contributed by atoms with Crippen molar-refractivity contribution in [3.8, 4) is 0 Å². The number of hydrogen-bond acceptors (Lipinski definition) is 4. The fourth-order valence-corrected chi connectivity index (χ4v) is 1.71. The van der Waals surface area contributed by atoms with Gasteiger partial charge in [0.1, 0.15) is 0 Å². The van der Waals surface area contributed by atoms with Gasteiger partial charge >= 0.3 is 0 Å². The van der Waals surface area contributed by atoms with Crippen LogP contribution in [0, 0.1) is 0 Å². The van der Waals surface area contributed by atoms with Crippen LogP contribution >= 0.6 is 0 Å². The Balaban J connectivity index is 0. The molecule has 0 fully saturated rings. The highest BCUT2D eigenvalue weighted by Gasteiger charge is 2.09. The first-order valence-corrected chi connectivity index (χ1v) is 7.16. The quantitative estimate of drug-likeness (QED) is 0.687. The molecule has 104 valence electrons. The summed E-state index contributed by atoms with van der Waals surface area (Å²) >= 11 is 0. The van der Waals surface area contributed by atoms with Crippen molar-refractivity contribution < 1.29 is 27.2 Å². The largest absolute Gasteiger partial charge is 0.481 e. The van der Waals surface area contributed by atoms with E-state index in [0.717, 1.165) is 32.6 Å². The molecule has 7 heteroatoms. The average molecular weight is 272 g/mol. The summed E-state index contributed by atoms with van der Waals surface area (Å²) in [6.07, 6.45) is 5.76. The van der Waals surface area contributed by atoms with Gasteiger partial charge in [0, 0.05) is 6.92 Å². The zero-order valence-corrected chi connectivity index (χ0v) is 11.1. The maximum atomic E-state index is 11.3. The molecule has 0 spiro atoms. The lowest BCUT2D eigenvalue weighted by atomic mass is 10.1. The minimum absolute atomic E-state index is 0.213. The van der Waals surface area contributed by atoms with Crippen LogP contribution in [0.3, 0.4) is 0 Å². The van der Waals surface area contributed by atoms with Crippen molar-refractivity contribution >= 4 is 16.1 Å². The Kier molecular flexibility index (Phi) is 12.9. The van der Waals surface area contributed by atoms with Gasteiger partial charge in [-0.3, -0.25) is 4.79 Å². The van der Waals surface area contributed by atoms with Crippen molar-refractivity contribution in [2.45, 2.75) is 52.4 Å². The molecule has 1 N–H and O–H groups in total. The predicted octanol–water partition coefficient (Wildman–Crippen LogP) is 2.67. The summed E-state index contributed by atoms with van der Waals surface area (Å²) in [4.78, 5) is 9.00. The first kappa shape index (κ1) is 18.7. The molecule has 0 aromatic rings. The van der Waals surface area contributed by atoms with Gasteiger partial charge in [0.15, 0.2) is 0 Å². The van der Waals surface area contributed by atoms with Gasteiger partial charge in [-0.05, 0) is 10.9 Å². The molecule has 0 aliphatic carbocycles. The maximum Gasteiger partial charge on any atom is 0.300 e. The molecule has 0 unspecified atom stereocenters. The minimum Gasteiger partial charge on any atom is -0.481 e. The highest BCUT2D eigenvalue weighted by atomic mass is 32.2. The van der Waals surface area contributed by atoms with Crippen LogP contribution in [-0.4, -0.2) is 25.2 Å². The number of unbranched alkanes of at least 4 members (excludes halogenated alkanes) is 5. The Hall–Kier alpha value is -0.690. The molecule has 0 heterocycles. The fourth-order valence-electron chi connectivity index (χ4n) is 1.09. The van der Waals surface area contributed by atoms with Crippen molar-refractivity contribution in [3.05, 3.63) is 0 Å². The number of rotatable bonds is 8. The summed E-state index contributed by atoms with van der Waals surface area (Å²) in [7, 11) is -3.88. The molecular weight excluding hydrogens is 251 g/mol. The van der Waals surface area contributed by atoms with Crippen LogP contribution in [0.5, 0.6) is 0 Å². The molecule has 0 bridgehead atoms. The van der Waals surface area contributed by atoms with Gasteiger partial charge in [-0.2, -0.15) is 8.42 Å². The summed E-state index contributed by atoms with van der Waals surface area (Å²) in [6.45, 7) is 3.20. The van der Waals surface area contributed by atoms with Gasteiger partial charge in [0.25, 0.3) is 16.1 Å². The number of aliphatic carboxylic acids is 1.